The topological polar surface area (TPSA) is 57.6 Å². The average Bonchev–Trinajstić information content (AvgIpc) is 2.35. The van der Waals surface area contributed by atoms with E-state index in [4.69, 9.17) is 5.11 Å². The summed E-state index contributed by atoms with van der Waals surface area (Å²) in [5, 5.41) is 9.16. The average molecular weight is 263 g/mol. The molecule has 0 aromatic rings. The molecule has 19 heavy (non-hydrogen) atoms. The van der Waals surface area contributed by atoms with Gasteiger partial charge in [-0.2, -0.15) is 0 Å². The molecule has 0 saturated carbocycles. The van der Waals surface area contributed by atoms with E-state index in [9.17, 15) is 14.0 Å². The van der Waals surface area contributed by atoms with Gasteiger partial charge in [0, 0.05) is 24.7 Å². The van der Waals surface area contributed by atoms with Crippen LogP contribution in [0.5, 0.6) is 0 Å². The van der Waals surface area contributed by atoms with E-state index in [0.29, 0.717) is 5.57 Å². The Morgan fingerprint density at radius 2 is 2.26 bits per heavy atom. The van der Waals surface area contributed by atoms with Crippen LogP contribution in [-0.2, 0) is 9.59 Å². The molecule has 1 N–H and O–H groups in total. The third-order valence-electron chi connectivity index (χ3n) is 4.06. The number of carboxylic acids is 1. The van der Waals surface area contributed by atoms with Crippen LogP contribution in [-0.4, -0.2) is 34.3 Å². The van der Waals surface area contributed by atoms with Gasteiger partial charge in [-0.05, 0) is 18.6 Å². The van der Waals surface area contributed by atoms with E-state index in [1.54, 1.807) is 0 Å². The molecule has 2 aliphatic heterocycles. The molecule has 0 amide bonds. The van der Waals surface area contributed by atoms with Gasteiger partial charge in [-0.3, -0.25) is 9.59 Å². The number of carboxylic acid groups (broad SMARTS) is 1. The van der Waals surface area contributed by atoms with Crippen LogP contribution in [0.15, 0.2) is 35.3 Å². The lowest BCUT2D eigenvalue weighted by Gasteiger charge is -2.45. The molecule has 5 heteroatoms. The molecule has 1 saturated heterocycles. The van der Waals surface area contributed by atoms with Crippen molar-refractivity contribution >= 4 is 11.8 Å². The van der Waals surface area contributed by atoms with Crippen molar-refractivity contribution in [2.24, 2.45) is 11.8 Å². The summed E-state index contributed by atoms with van der Waals surface area (Å²) in [7, 11) is 0. The van der Waals surface area contributed by atoms with Gasteiger partial charge >= 0.3 is 5.97 Å². The number of carbonyl (C=O) groups excluding carboxylic acids is 1. The Bertz CT molecular complexity index is 561. The first-order valence-electron chi connectivity index (χ1n) is 6.30. The van der Waals surface area contributed by atoms with Crippen LogP contribution in [0.4, 0.5) is 4.39 Å². The predicted molar refractivity (Wildman–Crippen MR) is 65.8 cm³/mol. The molecule has 3 aliphatic rings. The number of allylic oxidation sites excluding steroid dienone is 5. The van der Waals surface area contributed by atoms with Crippen LogP contribution < -0.4 is 0 Å². The van der Waals surface area contributed by atoms with Crippen molar-refractivity contribution in [3.8, 4) is 0 Å². The summed E-state index contributed by atoms with van der Waals surface area (Å²) >= 11 is 0. The second-order valence-electron chi connectivity index (χ2n) is 5.23. The second kappa shape index (κ2) is 4.05. The van der Waals surface area contributed by atoms with E-state index in [2.05, 4.69) is 0 Å². The van der Waals surface area contributed by atoms with Gasteiger partial charge in [0.2, 0.25) is 0 Å². The minimum absolute atomic E-state index is 0.0154. The maximum absolute atomic E-state index is 13.6. The van der Waals surface area contributed by atoms with E-state index < -0.39 is 17.8 Å². The molecule has 0 aromatic heterocycles. The molecule has 0 spiro atoms. The van der Waals surface area contributed by atoms with Gasteiger partial charge < -0.3 is 10.0 Å². The zero-order chi connectivity index (χ0) is 13.7. The molecule has 4 nitrogen and oxygen atoms in total. The number of carbonyl (C=O) groups is 2. The summed E-state index contributed by atoms with van der Waals surface area (Å²) in [6.07, 6.45) is 5.14. The molecule has 3 unspecified atom stereocenters. The highest BCUT2D eigenvalue weighted by Crippen LogP contribution is 2.41. The van der Waals surface area contributed by atoms with Crippen LogP contribution in [0, 0.1) is 11.8 Å². The van der Waals surface area contributed by atoms with Gasteiger partial charge in [-0.1, -0.05) is 12.2 Å². The third-order valence-corrected chi connectivity index (χ3v) is 4.06. The van der Waals surface area contributed by atoms with Crippen molar-refractivity contribution in [1.82, 2.24) is 4.90 Å². The summed E-state index contributed by atoms with van der Waals surface area (Å²) in [6, 6.07) is 0.0331. The molecule has 2 heterocycles. The van der Waals surface area contributed by atoms with Crippen molar-refractivity contribution in [3.05, 3.63) is 35.3 Å². The lowest BCUT2D eigenvalue weighted by molar-refractivity contribution is -0.150. The number of piperidine rings is 1. The van der Waals surface area contributed by atoms with E-state index in [1.165, 1.54) is 6.08 Å². The number of hydrogen-bond donors (Lipinski definition) is 1. The molecule has 1 fully saturated rings. The number of halogens is 1. The fourth-order valence-corrected chi connectivity index (χ4v) is 3.09. The first-order valence-corrected chi connectivity index (χ1v) is 6.30. The Morgan fingerprint density at radius 3 is 2.95 bits per heavy atom. The SMILES string of the molecule is CC1C=CC2=C3C(CC(F)=C2)C(=O)C(C(=O)O)CN31. The zero-order valence-electron chi connectivity index (χ0n) is 10.5. The van der Waals surface area contributed by atoms with Gasteiger partial charge in [-0.15, -0.1) is 0 Å². The molecule has 1 aliphatic carbocycles. The van der Waals surface area contributed by atoms with Gasteiger partial charge in [0.05, 0.1) is 5.92 Å². The molecule has 0 radical (unpaired) electrons. The van der Waals surface area contributed by atoms with Crippen LogP contribution in [0.25, 0.3) is 0 Å². The van der Waals surface area contributed by atoms with E-state index >= 15 is 0 Å². The van der Waals surface area contributed by atoms with Gasteiger partial charge in [-0.25, -0.2) is 4.39 Å². The highest BCUT2D eigenvalue weighted by molar-refractivity contribution is 6.02. The van der Waals surface area contributed by atoms with E-state index in [0.717, 1.165) is 5.70 Å². The highest BCUT2D eigenvalue weighted by atomic mass is 19.1. The molecule has 0 bridgehead atoms. The Balaban J connectivity index is 2.10. The summed E-state index contributed by atoms with van der Waals surface area (Å²) in [6.45, 7) is 2.12. The minimum Gasteiger partial charge on any atom is -0.481 e. The fourth-order valence-electron chi connectivity index (χ4n) is 3.09. The molecular formula is C14H14FNO3. The molecule has 3 rings (SSSR count). The van der Waals surface area contributed by atoms with Crippen molar-refractivity contribution in [2.75, 3.05) is 6.54 Å². The number of hydrogen-bond acceptors (Lipinski definition) is 3. The summed E-state index contributed by atoms with van der Waals surface area (Å²) < 4.78 is 13.6. The van der Waals surface area contributed by atoms with E-state index in [-0.39, 0.29) is 30.6 Å². The largest absolute Gasteiger partial charge is 0.481 e. The standard InChI is InChI=1S/C14H14FNO3/c1-7-2-3-8-4-9(15)5-10-12(8)16(7)6-11(13(10)17)14(18)19/h2-4,7,10-11H,5-6H2,1H3,(H,18,19). The number of Topliss-reactive ketones (excluding diaryl/α,β-unsaturated/α-hetero) is 1. The summed E-state index contributed by atoms with van der Waals surface area (Å²) in [5.74, 6) is -3.57. The molecule has 0 aromatic carbocycles. The fraction of sp³-hybridized carbons (Fsp3) is 0.429. The first kappa shape index (κ1) is 12.1. The van der Waals surface area contributed by atoms with Crippen molar-refractivity contribution in [1.29, 1.82) is 0 Å². The first-order chi connectivity index (χ1) is 8.99. The Hall–Kier alpha value is -1.91. The van der Waals surface area contributed by atoms with Crippen molar-refractivity contribution in [2.45, 2.75) is 19.4 Å². The van der Waals surface area contributed by atoms with Crippen LogP contribution in [0.2, 0.25) is 0 Å². The second-order valence-corrected chi connectivity index (χ2v) is 5.23. The number of nitrogens with zero attached hydrogens (tertiary/aromatic N) is 1. The smallest absolute Gasteiger partial charge is 0.315 e. The maximum Gasteiger partial charge on any atom is 0.315 e. The number of rotatable bonds is 1. The van der Waals surface area contributed by atoms with Crippen molar-refractivity contribution in [3.63, 3.8) is 0 Å². The molecule has 3 atom stereocenters. The normalized spacial score (nSPS) is 33.2. The summed E-state index contributed by atoms with van der Waals surface area (Å²) in [4.78, 5) is 25.3. The predicted octanol–water partition coefficient (Wildman–Crippen LogP) is 1.66. The Morgan fingerprint density at radius 1 is 1.53 bits per heavy atom. The van der Waals surface area contributed by atoms with Crippen LogP contribution >= 0.6 is 0 Å². The monoisotopic (exact) mass is 263 g/mol. The van der Waals surface area contributed by atoms with Crippen molar-refractivity contribution < 1.29 is 19.1 Å². The van der Waals surface area contributed by atoms with Gasteiger partial charge in [0.15, 0.2) is 5.78 Å². The quantitative estimate of drug-likeness (QED) is 0.731. The summed E-state index contributed by atoms with van der Waals surface area (Å²) in [5.41, 5.74) is 1.49. The number of aliphatic carboxylic acids is 1. The molecular weight excluding hydrogens is 249 g/mol. The van der Waals surface area contributed by atoms with Crippen LogP contribution in [0.1, 0.15) is 13.3 Å². The minimum atomic E-state index is -1.12. The molecule has 100 valence electrons. The zero-order valence-corrected chi connectivity index (χ0v) is 10.5. The number of ketones is 1. The highest BCUT2D eigenvalue weighted by Gasteiger charge is 2.46. The lowest BCUT2D eigenvalue weighted by atomic mass is 9.76. The third kappa shape index (κ3) is 1.72. The Labute approximate surface area is 109 Å². The van der Waals surface area contributed by atoms with E-state index in [1.807, 2.05) is 24.0 Å². The van der Waals surface area contributed by atoms with Gasteiger partial charge in [0.1, 0.15) is 11.7 Å². The maximum atomic E-state index is 13.6. The van der Waals surface area contributed by atoms with Gasteiger partial charge in [0.25, 0.3) is 0 Å². The van der Waals surface area contributed by atoms with Crippen LogP contribution in [0.3, 0.4) is 0 Å². The Kier molecular flexibility index (Phi) is 2.59. The lowest BCUT2D eigenvalue weighted by Crippen LogP contribution is -2.52.